The number of nitrogens with zero attached hydrogens (tertiary/aromatic N) is 1. The second kappa shape index (κ2) is 4.61. The number of methoxy groups -OCH3 is 1. The van der Waals surface area contributed by atoms with Gasteiger partial charge < -0.3 is 10.5 Å². The average molecular weight is 220 g/mol. The van der Waals surface area contributed by atoms with Crippen molar-refractivity contribution in [2.45, 2.75) is 25.3 Å². The van der Waals surface area contributed by atoms with E-state index in [-0.39, 0.29) is 17.7 Å². The number of Topliss-reactive ketones (excluding diaryl/α,β-unsaturated/α-hetero) is 1. The normalized spacial score (nSPS) is 24.4. The Bertz CT molecular complexity index is 392. The second-order valence-corrected chi connectivity index (χ2v) is 4.18. The molecule has 1 fully saturated rings. The molecule has 16 heavy (non-hydrogen) atoms. The van der Waals surface area contributed by atoms with Crippen LogP contribution in [0.3, 0.4) is 0 Å². The lowest BCUT2D eigenvalue weighted by Crippen LogP contribution is -2.30. The minimum absolute atomic E-state index is 0.00120. The Hall–Kier alpha value is -1.42. The summed E-state index contributed by atoms with van der Waals surface area (Å²) in [5.74, 6) is 0.655. The van der Waals surface area contributed by atoms with E-state index in [2.05, 4.69) is 4.98 Å². The number of nitrogens with two attached hydrogens (primary N) is 1. The number of carbonyl (C=O) groups is 1. The SMILES string of the molecule is COc1cncc(C(=O)C2CCCC2N)c1. The Labute approximate surface area is 94.8 Å². The average Bonchev–Trinajstić information content (AvgIpc) is 2.74. The van der Waals surface area contributed by atoms with Crippen molar-refractivity contribution >= 4 is 5.78 Å². The van der Waals surface area contributed by atoms with E-state index in [9.17, 15) is 4.79 Å². The van der Waals surface area contributed by atoms with Gasteiger partial charge in [-0.1, -0.05) is 6.42 Å². The Morgan fingerprint density at radius 1 is 1.50 bits per heavy atom. The zero-order chi connectivity index (χ0) is 11.5. The molecular weight excluding hydrogens is 204 g/mol. The molecule has 1 aromatic rings. The molecule has 0 bridgehead atoms. The molecule has 0 spiro atoms. The Morgan fingerprint density at radius 2 is 2.31 bits per heavy atom. The van der Waals surface area contributed by atoms with Gasteiger partial charge in [0.05, 0.1) is 13.3 Å². The predicted octanol–water partition coefficient (Wildman–Crippen LogP) is 1.40. The Kier molecular flexibility index (Phi) is 3.19. The van der Waals surface area contributed by atoms with Crippen molar-refractivity contribution in [2.75, 3.05) is 7.11 Å². The summed E-state index contributed by atoms with van der Waals surface area (Å²) >= 11 is 0. The summed E-state index contributed by atoms with van der Waals surface area (Å²) in [6.45, 7) is 0. The lowest BCUT2D eigenvalue weighted by atomic mass is 9.94. The van der Waals surface area contributed by atoms with E-state index in [1.807, 2.05) is 0 Å². The fraction of sp³-hybridized carbons (Fsp3) is 0.500. The van der Waals surface area contributed by atoms with Crippen molar-refractivity contribution in [1.82, 2.24) is 4.98 Å². The van der Waals surface area contributed by atoms with Crippen molar-refractivity contribution in [1.29, 1.82) is 0 Å². The number of aromatic nitrogens is 1. The highest BCUT2D eigenvalue weighted by atomic mass is 16.5. The molecule has 0 radical (unpaired) electrons. The Morgan fingerprint density at radius 3 is 2.94 bits per heavy atom. The van der Waals surface area contributed by atoms with Crippen LogP contribution in [0.15, 0.2) is 18.5 Å². The van der Waals surface area contributed by atoms with Crippen LogP contribution < -0.4 is 10.5 Å². The topological polar surface area (TPSA) is 65.2 Å². The van der Waals surface area contributed by atoms with Crippen LogP contribution in [0, 0.1) is 5.92 Å². The van der Waals surface area contributed by atoms with Crippen LogP contribution in [0.2, 0.25) is 0 Å². The van der Waals surface area contributed by atoms with Crippen molar-refractivity contribution in [2.24, 2.45) is 11.7 Å². The number of ether oxygens (including phenoxy) is 1. The molecule has 1 aromatic heterocycles. The number of ketones is 1. The third-order valence-corrected chi connectivity index (χ3v) is 3.14. The van der Waals surface area contributed by atoms with E-state index in [0.717, 1.165) is 19.3 Å². The van der Waals surface area contributed by atoms with E-state index in [0.29, 0.717) is 11.3 Å². The van der Waals surface area contributed by atoms with Gasteiger partial charge in [-0.05, 0) is 18.9 Å². The van der Waals surface area contributed by atoms with Gasteiger partial charge in [-0.15, -0.1) is 0 Å². The summed E-state index contributed by atoms with van der Waals surface area (Å²) < 4.78 is 5.05. The van der Waals surface area contributed by atoms with Gasteiger partial charge in [0.15, 0.2) is 5.78 Å². The van der Waals surface area contributed by atoms with E-state index in [1.165, 1.54) is 0 Å². The summed E-state index contributed by atoms with van der Waals surface area (Å²) in [6, 6.07) is 1.72. The zero-order valence-corrected chi connectivity index (χ0v) is 9.35. The number of rotatable bonds is 3. The number of hydrogen-bond donors (Lipinski definition) is 1. The molecule has 2 N–H and O–H groups in total. The highest BCUT2D eigenvalue weighted by Crippen LogP contribution is 2.27. The summed E-state index contributed by atoms with van der Waals surface area (Å²) in [6.07, 6.45) is 6.03. The van der Waals surface area contributed by atoms with Gasteiger partial charge in [0.2, 0.25) is 0 Å². The summed E-state index contributed by atoms with van der Waals surface area (Å²) in [5, 5.41) is 0. The van der Waals surface area contributed by atoms with Crippen molar-refractivity contribution in [3.63, 3.8) is 0 Å². The number of carbonyl (C=O) groups excluding carboxylic acids is 1. The van der Waals surface area contributed by atoms with Crippen molar-refractivity contribution in [3.05, 3.63) is 24.0 Å². The van der Waals surface area contributed by atoms with Gasteiger partial charge in [0.25, 0.3) is 0 Å². The smallest absolute Gasteiger partial charge is 0.169 e. The van der Waals surface area contributed by atoms with Gasteiger partial charge in [-0.3, -0.25) is 9.78 Å². The number of pyridine rings is 1. The minimum atomic E-state index is -0.0473. The van der Waals surface area contributed by atoms with Crippen LogP contribution in [0.5, 0.6) is 5.75 Å². The van der Waals surface area contributed by atoms with E-state index >= 15 is 0 Å². The molecule has 4 nitrogen and oxygen atoms in total. The molecular formula is C12H16N2O2. The van der Waals surface area contributed by atoms with Crippen LogP contribution in [0.4, 0.5) is 0 Å². The first kappa shape index (κ1) is 11.1. The molecule has 1 aliphatic rings. The van der Waals surface area contributed by atoms with Crippen molar-refractivity contribution in [3.8, 4) is 5.75 Å². The van der Waals surface area contributed by atoms with Crippen LogP contribution in [-0.2, 0) is 0 Å². The highest BCUT2D eigenvalue weighted by Gasteiger charge is 2.31. The predicted molar refractivity (Wildman–Crippen MR) is 60.4 cm³/mol. The molecule has 4 heteroatoms. The maximum Gasteiger partial charge on any atom is 0.169 e. The molecule has 86 valence electrons. The van der Waals surface area contributed by atoms with Gasteiger partial charge in [-0.2, -0.15) is 0 Å². The highest BCUT2D eigenvalue weighted by molar-refractivity contribution is 5.98. The third-order valence-electron chi connectivity index (χ3n) is 3.14. The van der Waals surface area contributed by atoms with Crippen LogP contribution in [0.1, 0.15) is 29.6 Å². The standard InChI is InChI=1S/C12H16N2O2/c1-16-9-5-8(6-14-7-9)12(15)10-3-2-4-11(10)13/h5-7,10-11H,2-4,13H2,1H3. The second-order valence-electron chi connectivity index (χ2n) is 4.18. The molecule has 2 atom stereocenters. The molecule has 1 aliphatic carbocycles. The first-order valence-electron chi connectivity index (χ1n) is 5.51. The zero-order valence-electron chi connectivity index (χ0n) is 9.35. The first-order valence-corrected chi connectivity index (χ1v) is 5.51. The summed E-state index contributed by atoms with van der Waals surface area (Å²) in [5.41, 5.74) is 6.51. The fourth-order valence-corrected chi connectivity index (χ4v) is 2.19. The first-order chi connectivity index (χ1) is 7.72. The summed E-state index contributed by atoms with van der Waals surface area (Å²) in [4.78, 5) is 16.1. The largest absolute Gasteiger partial charge is 0.495 e. The van der Waals surface area contributed by atoms with Gasteiger partial charge in [-0.25, -0.2) is 0 Å². The molecule has 1 saturated carbocycles. The van der Waals surface area contributed by atoms with Gasteiger partial charge in [0.1, 0.15) is 5.75 Å². The van der Waals surface area contributed by atoms with E-state index < -0.39 is 0 Å². The molecule has 1 heterocycles. The third kappa shape index (κ3) is 2.07. The summed E-state index contributed by atoms with van der Waals surface area (Å²) in [7, 11) is 1.56. The molecule has 2 rings (SSSR count). The molecule has 0 aliphatic heterocycles. The number of hydrogen-bond acceptors (Lipinski definition) is 4. The lowest BCUT2D eigenvalue weighted by Gasteiger charge is -2.13. The maximum absolute atomic E-state index is 12.1. The van der Waals surface area contributed by atoms with E-state index in [4.69, 9.17) is 10.5 Å². The fourth-order valence-electron chi connectivity index (χ4n) is 2.19. The van der Waals surface area contributed by atoms with Crippen LogP contribution in [-0.4, -0.2) is 23.9 Å². The monoisotopic (exact) mass is 220 g/mol. The molecule has 0 saturated heterocycles. The molecule has 2 unspecified atom stereocenters. The van der Waals surface area contributed by atoms with Crippen LogP contribution in [0.25, 0.3) is 0 Å². The molecule has 0 amide bonds. The van der Waals surface area contributed by atoms with E-state index in [1.54, 1.807) is 25.6 Å². The van der Waals surface area contributed by atoms with Gasteiger partial charge >= 0.3 is 0 Å². The van der Waals surface area contributed by atoms with Crippen LogP contribution >= 0.6 is 0 Å². The van der Waals surface area contributed by atoms with Crippen molar-refractivity contribution < 1.29 is 9.53 Å². The minimum Gasteiger partial charge on any atom is -0.495 e. The molecule has 0 aromatic carbocycles. The maximum atomic E-state index is 12.1. The quantitative estimate of drug-likeness (QED) is 0.782. The van der Waals surface area contributed by atoms with Gasteiger partial charge in [0, 0.05) is 23.7 Å². The lowest BCUT2D eigenvalue weighted by molar-refractivity contribution is 0.0912. The Balaban J connectivity index is 2.19.